The van der Waals surface area contributed by atoms with Gasteiger partial charge in [-0.05, 0) is 80.3 Å². The highest BCUT2D eigenvalue weighted by molar-refractivity contribution is 5.45. The van der Waals surface area contributed by atoms with Crippen molar-refractivity contribution in [2.75, 3.05) is 13.2 Å². The first-order chi connectivity index (χ1) is 12.9. The summed E-state index contributed by atoms with van der Waals surface area (Å²) in [7, 11) is 0. The topological polar surface area (TPSA) is 38.7 Å². The van der Waals surface area contributed by atoms with Gasteiger partial charge in [0.15, 0.2) is 5.79 Å². The summed E-state index contributed by atoms with van der Waals surface area (Å²) in [5.74, 6) is 1.14. The molecular formula is C24H36O3. The summed E-state index contributed by atoms with van der Waals surface area (Å²) in [4.78, 5) is 0. The fourth-order valence-electron chi connectivity index (χ4n) is 8.02. The van der Waals surface area contributed by atoms with Gasteiger partial charge in [0.1, 0.15) is 0 Å². The lowest BCUT2D eigenvalue weighted by atomic mass is 9.51. The third-order valence-corrected chi connectivity index (χ3v) is 9.50. The zero-order chi connectivity index (χ0) is 18.9. The molecule has 0 unspecified atom stereocenters. The number of ether oxygens (including phenoxy) is 2. The summed E-state index contributed by atoms with van der Waals surface area (Å²) < 4.78 is 12.0. The smallest absolute Gasteiger partial charge is 0.172 e. The van der Waals surface area contributed by atoms with Crippen molar-refractivity contribution in [3.8, 4) is 0 Å². The quantitative estimate of drug-likeness (QED) is 0.729. The predicted octanol–water partition coefficient (Wildman–Crippen LogP) is 5.14. The lowest BCUT2D eigenvalue weighted by Crippen LogP contribution is -2.49. The third kappa shape index (κ3) is 2.37. The Hall–Kier alpha value is -0.640. The van der Waals surface area contributed by atoms with Crippen LogP contribution in [0.3, 0.4) is 0 Å². The Bertz CT molecular complexity index is 684. The van der Waals surface area contributed by atoms with E-state index in [-0.39, 0.29) is 22.7 Å². The fourth-order valence-corrected chi connectivity index (χ4v) is 8.02. The Morgan fingerprint density at radius 2 is 1.96 bits per heavy atom. The summed E-state index contributed by atoms with van der Waals surface area (Å²) in [6.07, 6.45) is 12.7. The molecule has 2 fully saturated rings. The van der Waals surface area contributed by atoms with Gasteiger partial charge < -0.3 is 14.6 Å². The van der Waals surface area contributed by atoms with Gasteiger partial charge in [-0.15, -0.1) is 0 Å². The summed E-state index contributed by atoms with van der Waals surface area (Å²) in [5.41, 5.74) is 5.28. The Morgan fingerprint density at radius 3 is 2.67 bits per heavy atom. The summed E-state index contributed by atoms with van der Waals surface area (Å²) in [6.45, 7) is 8.34. The van der Waals surface area contributed by atoms with E-state index < -0.39 is 0 Å². The van der Waals surface area contributed by atoms with Crippen molar-refractivity contribution in [3.05, 3.63) is 22.8 Å². The van der Waals surface area contributed by atoms with Gasteiger partial charge in [-0.3, -0.25) is 0 Å². The first-order valence-electron chi connectivity index (χ1n) is 11.3. The maximum atomic E-state index is 10.8. The molecule has 0 aromatic rings. The van der Waals surface area contributed by atoms with Gasteiger partial charge in [0.25, 0.3) is 0 Å². The minimum atomic E-state index is -0.299. The molecule has 1 saturated heterocycles. The summed E-state index contributed by atoms with van der Waals surface area (Å²) >= 11 is 0. The zero-order valence-electron chi connectivity index (χ0n) is 17.4. The molecule has 1 heterocycles. The monoisotopic (exact) mass is 372 g/mol. The van der Waals surface area contributed by atoms with Gasteiger partial charge in [0.05, 0.1) is 19.3 Å². The number of hydrogen-bond acceptors (Lipinski definition) is 3. The summed E-state index contributed by atoms with van der Waals surface area (Å²) in [6, 6.07) is 0. The molecule has 5 aliphatic rings. The lowest BCUT2D eigenvalue weighted by molar-refractivity contribution is -0.164. The maximum Gasteiger partial charge on any atom is 0.172 e. The molecule has 5 atom stereocenters. The van der Waals surface area contributed by atoms with Crippen LogP contribution < -0.4 is 0 Å². The van der Waals surface area contributed by atoms with Gasteiger partial charge >= 0.3 is 0 Å². The van der Waals surface area contributed by atoms with Gasteiger partial charge in [-0.1, -0.05) is 25.5 Å². The zero-order valence-corrected chi connectivity index (χ0v) is 17.4. The van der Waals surface area contributed by atoms with Crippen LogP contribution in [0, 0.1) is 22.7 Å². The van der Waals surface area contributed by atoms with Crippen LogP contribution in [0.5, 0.6) is 0 Å². The van der Waals surface area contributed by atoms with E-state index in [1.807, 2.05) is 6.92 Å². The Kier molecular flexibility index (Phi) is 4.21. The van der Waals surface area contributed by atoms with Crippen LogP contribution in [0.15, 0.2) is 22.8 Å². The molecule has 0 radical (unpaired) electrons. The first kappa shape index (κ1) is 18.4. The van der Waals surface area contributed by atoms with Crippen LogP contribution in [0.25, 0.3) is 0 Å². The maximum absolute atomic E-state index is 10.8. The molecule has 1 aliphatic heterocycles. The molecule has 1 saturated carbocycles. The normalized spacial score (nSPS) is 43.9. The van der Waals surface area contributed by atoms with Crippen molar-refractivity contribution >= 4 is 0 Å². The van der Waals surface area contributed by atoms with Crippen molar-refractivity contribution in [3.63, 3.8) is 0 Å². The van der Waals surface area contributed by atoms with Gasteiger partial charge in [0.2, 0.25) is 0 Å². The van der Waals surface area contributed by atoms with Crippen LogP contribution in [0.1, 0.15) is 78.6 Å². The average molecular weight is 373 g/mol. The molecule has 3 nitrogen and oxygen atoms in total. The van der Waals surface area contributed by atoms with Crippen LogP contribution in [-0.4, -0.2) is 30.2 Å². The van der Waals surface area contributed by atoms with E-state index in [1.165, 1.54) is 25.7 Å². The van der Waals surface area contributed by atoms with E-state index in [9.17, 15) is 5.11 Å². The number of fused-ring (bicyclic) bond motifs is 4. The molecule has 150 valence electrons. The molecule has 1 N–H and O–H groups in total. The van der Waals surface area contributed by atoms with Crippen molar-refractivity contribution in [1.29, 1.82) is 0 Å². The molecular weight excluding hydrogens is 336 g/mol. The van der Waals surface area contributed by atoms with Crippen LogP contribution in [-0.2, 0) is 9.47 Å². The second kappa shape index (κ2) is 6.18. The fraction of sp³-hybridized carbons (Fsp3) is 0.833. The molecule has 27 heavy (non-hydrogen) atoms. The standard InChI is InChI=1S/C24H36O3/c1-4-23(16(2)25)11-9-21-20-6-5-17-15-24(26-13-14-27-24)12-8-18(17)19(20)7-10-22(21,23)3/h7,16,20-21,25H,4-6,8-15H2,1-3H3/t16-,20-,21+,22+,23+/m1/s1. The molecule has 0 aromatic carbocycles. The minimum absolute atomic E-state index is 0.0938. The van der Waals surface area contributed by atoms with E-state index in [0.29, 0.717) is 5.92 Å². The van der Waals surface area contributed by atoms with Crippen molar-refractivity contribution < 1.29 is 14.6 Å². The summed E-state index contributed by atoms with van der Waals surface area (Å²) in [5, 5.41) is 10.8. The van der Waals surface area contributed by atoms with Crippen LogP contribution in [0.2, 0.25) is 0 Å². The number of hydrogen-bond donors (Lipinski definition) is 1. The van der Waals surface area contributed by atoms with Crippen LogP contribution >= 0.6 is 0 Å². The Morgan fingerprint density at radius 1 is 1.19 bits per heavy atom. The van der Waals surface area contributed by atoms with Gasteiger partial charge in [-0.25, -0.2) is 0 Å². The van der Waals surface area contributed by atoms with E-state index in [4.69, 9.17) is 9.47 Å². The highest BCUT2D eigenvalue weighted by Crippen LogP contribution is 2.68. The molecule has 0 aromatic heterocycles. The second-order valence-corrected chi connectivity index (χ2v) is 10.1. The van der Waals surface area contributed by atoms with E-state index in [2.05, 4.69) is 19.9 Å². The van der Waals surface area contributed by atoms with Crippen LogP contribution in [0.4, 0.5) is 0 Å². The van der Waals surface area contributed by atoms with E-state index in [1.54, 1.807) is 16.7 Å². The highest BCUT2D eigenvalue weighted by atomic mass is 16.7. The lowest BCUT2D eigenvalue weighted by Gasteiger charge is -2.54. The molecule has 5 rings (SSSR count). The largest absolute Gasteiger partial charge is 0.393 e. The van der Waals surface area contributed by atoms with Gasteiger partial charge in [-0.2, -0.15) is 0 Å². The predicted molar refractivity (Wildman–Crippen MR) is 106 cm³/mol. The Balaban J connectivity index is 1.48. The Labute approximate surface area is 164 Å². The molecule has 0 bridgehead atoms. The highest BCUT2D eigenvalue weighted by Gasteiger charge is 2.61. The molecule has 4 aliphatic carbocycles. The number of aliphatic hydroxyl groups is 1. The third-order valence-electron chi connectivity index (χ3n) is 9.50. The van der Waals surface area contributed by atoms with E-state index in [0.717, 1.165) is 51.2 Å². The average Bonchev–Trinajstić information content (AvgIpc) is 3.23. The van der Waals surface area contributed by atoms with Crippen molar-refractivity contribution in [1.82, 2.24) is 0 Å². The second-order valence-electron chi connectivity index (χ2n) is 10.1. The minimum Gasteiger partial charge on any atom is -0.393 e. The molecule has 1 spiro atoms. The SMILES string of the molecule is CC[C@@]1([C@@H](C)O)CC[C@H]2[C@@H]3CCC4=C(CCC5(C4)OCCO5)C3=CC[C@@]21C. The van der Waals surface area contributed by atoms with Crippen molar-refractivity contribution in [2.24, 2.45) is 22.7 Å². The van der Waals surface area contributed by atoms with Crippen molar-refractivity contribution in [2.45, 2.75) is 90.4 Å². The van der Waals surface area contributed by atoms with E-state index >= 15 is 0 Å². The number of allylic oxidation sites excluding steroid dienone is 3. The van der Waals surface area contributed by atoms with Gasteiger partial charge in [0, 0.05) is 18.3 Å². The first-order valence-corrected chi connectivity index (χ1v) is 11.3. The molecule has 3 heteroatoms. The number of aliphatic hydroxyl groups excluding tert-OH is 1. The number of rotatable bonds is 2. The molecule has 0 amide bonds.